The fourth-order valence-corrected chi connectivity index (χ4v) is 2.86. The van der Waals surface area contributed by atoms with Crippen molar-refractivity contribution in [3.05, 3.63) is 35.9 Å². The van der Waals surface area contributed by atoms with E-state index in [9.17, 15) is 4.79 Å². The maximum Gasteiger partial charge on any atom is 0.312 e. The summed E-state index contributed by atoms with van der Waals surface area (Å²) in [6.45, 7) is 5.31. The van der Waals surface area contributed by atoms with Gasteiger partial charge in [-0.25, -0.2) is 0 Å². The van der Waals surface area contributed by atoms with Crippen LogP contribution in [0.2, 0.25) is 0 Å². The summed E-state index contributed by atoms with van der Waals surface area (Å²) >= 11 is 0. The molecule has 3 unspecified atom stereocenters. The van der Waals surface area contributed by atoms with E-state index in [2.05, 4.69) is 19.2 Å². The van der Waals surface area contributed by atoms with E-state index in [-0.39, 0.29) is 18.3 Å². The van der Waals surface area contributed by atoms with Crippen molar-refractivity contribution in [1.29, 1.82) is 0 Å². The van der Waals surface area contributed by atoms with Gasteiger partial charge in [-0.3, -0.25) is 4.79 Å². The zero-order chi connectivity index (χ0) is 17.4. The first-order valence-corrected chi connectivity index (χ1v) is 8.75. The molecule has 0 saturated carbocycles. The highest BCUT2D eigenvalue weighted by atomic mass is 16.7. The maximum atomic E-state index is 12.4. The molecule has 134 valence electrons. The van der Waals surface area contributed by atoms with Gasteiger partial charge in [0.25, 0.3) is 0 Å². The van der Waals surface area contributed by atoms with Crippen LogP contribution in [0.4, 0.5) is 0 Å². The summed E-state index contributed by atoms with van der Waals surface area (Å²) in [6, 6.07) is 10.1. The van der Waals surface area contributed by atoms with Crippen LogP contribution in [0.5, 0.6) is 0 Å². The maximum absolute atomic E-state index is 12.4. The number of esters is 1. The highest BCUT2D eigenvalue weighted by Gasteiger charge is 2.34. The fourth-order valence-electron chi connectivity index (χ4n) is 2.86. The van der Waals surface area contributed by atoms with Crippen molar-refractivity contribution in [1.82, 2.24) is 5.32 Å². The first-order valence-electron chi connectivity index (χ1n) is 8.75. The summed E-state index contributed by atoms with van der Waals surface area (Å²) in [4.78, 5) is 12.4. The van der Waals surface area contributed by atoms with E-state index >= 15 is 0 Å². The average Bonchev–Trinajstić information content (AvgIpc) is 2.62. The van der Waals surface area contributed by atoms with Gasteiger partial charge in [-0.15, -0.1) is 0 Å². The zero-order valence-electron chi connectivity index (χ0n) is 14.9. The van der Waals surface area contributed by atoms with Gasteiger partial charge in [0, 0.05) is 19.2 Å². The lowest BCUT2D eigenvalue weighted by molar-refractivity contribution is -0.205. The lowest BCUT2D eigenvalue weighted by atomic mass is 9.95. The van der Waals surface area contributed by atoms with E-state index in [4.69, 9.17) is 14.2 Å². The molecule has 1 heterocycles. The summed E-state index contributed by atoms with van der Waals surface area (Å²) in [5.41, 5.74) is 0.965. The first-order chi connectivity index (χ1) is 11.6. The molecule has 0 aromatic heterocycles. The minimum Gasteiger partial charge on any atom is -0.469 e. The fraction of sp³-hybridized carbons (Fsp3) is 0.632. The summed E-state index contributed by atoms with van der Waals surface area (Å²) in [5, 5.41) is 3.33. The quantitative estimate of drug-likeness (QED) is 0.740. The van der Waals surface area contributed by atoms with Gasteiger partial charge in [0.15, 0.2) is 6.29 Å². The molecule has 0 radical (unpaired) electrons. The molecule has 0 spiro atoms. The van der Waals surface area contributed by atoms with Crippen molar-refractivity contribution < 1.29 is 19.0 Å². The number of benzene rings is 1. The van der Waals surface area contributed by atoms with Gasteiger partial charge in [0.1, 0.15) is 6.10 Å². The van der Waals surface area contributed by atoms with Crippen molar-refractivity contribution in [3.8, 4) is 0 Å². The third kappa shape index (κ3) is 5.58. The Balaban J connectivity index is 2.20. The molecule has 24 heavy (non-hydrogen) atoms. The molecular formula is C19H29NO4. The molecule has 1 aliphatic rings. The monoisotopic (exact) mass is 335 g/mol. The zero-order valence-corrected chi connectivity index (χ0v) is 14.9. The molecule has 3 atom stereocenters. The minimum atomic E-state index is -0.426. The Morgan fingerprint density at radius 3 is 2.62 bits per heavy atom. The van der Waals surface area contributed by atoms with Crippen molar-refractivity contribution >= 4 is 5.97 Å². The van der Waals surface area contributed by atoms with Crippen LogP contribution in [-0.4, -0.2) is 38.6 Å². The number of hydrogen-bond donors (Lipinski definition) is 1. The van der Waals surface area contributed by atoms with Gasteiger partial charge in [-0.05, 0) is 24.8 Å². The van der Waals surface area contributed by atoms with Gasteiger partial charge in [0.05, 0.1) is 13.0 Å². The van der Waals surface area contributed by atoms with E-state index in [1.807, 2.05) is 30.3 Å². The third-order valence-electron chi connectivity index (χ3n) is 4.18. The molecule has 0 amide bonds. The molecule has 1 aromatic carbocycles. The number of nitrogens with one attached hydrogen (secondary N) is 1. The van der Waals surface area contributed by atoms with Crippen LogP contribution in [-0.2, 0) is 19.0 Å². The Kier molecular flexibility index (Phi) is 7.69. The predicted molar refractivity (Wildman–Crippen MR) is 92.5 cm³/mol. The van der Waals surface area contributed by atoms with Crippen LogP contribution >= 0.6 is 0 Å². The SMILES string of the molecule is COC(=O)C(CNC(C)C)C(OC1CCCCO1)c1ccccc1. The molecule has 0 aliphatic carbocycles. The Labute approximate surface area is 144 Å². The standard InChI is InChI=1S/C19H29NO4/c1-14(2)20-13-16(19(21)22-3)18(15-9-5-4-6-10-15)24-17-11-7-8-12-23-17/h4-6,9-10,14,16-18,20H,7-8,11-13H2,1-3H3. The Morgan fingerprint density at radius 1 is 1.29 bits per heavy atom. The van der Waals surface area contributed by atoms with Crippen LogP contribution in [0.25, 0.3) is 0 Å². The van der Waals surface area contributed by atoms with E-state index < -0.39 is 12.0 Å². The molecule has 1 fully saturated rings. The van der Waals surface area contributed by atoms with Gasteiger partial charge in [-0.2, -0.15) is 0 Å². The van der Waals surface area contributed by atoms with Crippen molar-refractivity contribution in [2.45, 2.75) is 51.5 Å². The second-order valence-corrected chi connectivity index (χ2v) is 6.46. The molecule has 1 aromatic rings. The highest BCUT2D eigenvalue weighted by Crippen LogP contribution is 2.31. The molecule has 2 rings (SSSR count). The number of carbonyl (C=O) groups is 1. The molecule has 1 aliphatic heterocycles. The van der Waals surface area contributed by atoms with Crippen LogP contribution in [0.15, 0.2) is 30.3 Å². The van der Waals surface area contributed by atoms with Crippen LogP contribution in [0.1, 0.15) is 44.8 Å². The molecule has 0 bridgehead atoms. The van der Waals surface area contributed by atoms with E-state index in [1.165, 1.54) is 7.11 Å². The molecular weight excluding hydrogens is 306 g/mol. The van der Waals surface area contributed by atoms with Crippen molar-refractivity contribution in [3.63, 3.8) is 0 Å². The van der Waals surface area contributed by atoms with Crippen molar-refractivity contribution in [2.24, 2.45) is 5.92 Å². The normalized spacial score (nSPS) is 20.6. The predicted octanol–water partition coefficient (Wildman–Crippen LogP) is 3.06. The number of rotatable bonds is 8. The van der Waals surface area contributed by atoms with Crippen molar-refractivity contribution in [2.75, 3.05) is 20.3 Å². The first kappa shape index (κ1) is 18.9. The minimum absolute atomic E-state index is 0.268. The number of ether oxygens (including phenoxy) is 3. The van der Waals surface area contributed by atoms with Gasteiger partial charge in [0.2, 0.25) is 0 Å². The van der Waals surface area contributed by atoms with E-state index in [1.54, 1.807) is 0 Å². The van der Waals surface area contributed by atoms with E-state index in [0.717, 1.165) is 24.8 Å². The molecule has 5 heteroatoms. The molecule has 5 nitrogen and oxygen atoms in total. The highest BCUT2D eigenvalue weighted by molar-refractivity contribution is 5.73. The largest absolute Gasteiger partial charge is 0.469 e. The second kappa shape index (κ2) is 9.77. The Hall–Kier alpha value is -1.43. The van der Waals surface area contributed by atoms with Crippen LogP contribution in [0, 0.1) is 5.92 Å². The van der Waals surface area contributed by atoms with Gasteiger partial charge in [-0.1, -0.05) is 44.2 Å². The number of methoxy groups -OCH3 is 1. The molecule has 1 N–H and O–H groups in total. The average molecular weight is 335 g/mol. The summed E-state index contributed by atoms with van der Waals surface area (Å²) < 4.78 is 17.0. The van der Waals surface area contributed by atoms with Gasteiger partial charge >= 0.3 is 5.97 Å². The molecule has 1 saturated heterocycles. The lowest BCUT2D eigenvalue weighted by Crippen LogP contribution is -2.39. The van der Waals surface area contributed by atoms with E-state index in [0.29, 0.717) is 13.2 Å². The summed E-state index contributed by atoms with van der Waals surface area (Å²) in [7, 11) is 1.42. The van der Waals surface area contributed by atoms with Gasteiger partial charge < -0.3 is 19.5 Å². The lowest BCUT2D eigenvalue weighted by Gasteiger charge is -2.32. The third-order valence-corrected chi connectivity index (χ3v) is 4.18. The van der Waals surface area contributed by atoms with Crippen LogP contribution in [0.3, 0.4) is 0 Å². The second-order valence-electron chi connectivity index (χ2n) is 6.46. The summed E-state index contributed by atoms with van der Waals surface area (Å²) in [5.74, 6) is -0.696. The summed E-state index contributed by atoms with van der Waals surface area (Å²) in [6.07, 6.45) is 2.34. The Bertz CT molecular complexity index is 485. The number of hydrogen-bond acceptors (Lipinski definition) is 5. The topological polar surface area (TPSA) is 56.8 Å². The smallest absolute Gasteiger partial charge is 0.312 e. The Morgan fingerprint density at radius 2 is 2.04 bits per heavy atom. The number of carbonyl (C=O) groups excluding carboxylic acids is 1. The van der Waals surface area contributed by atoms with Crippen LogP contribution < -0.4 is 5.32 Å².